The first-order valence-electron chi connectivity index (χ1n) is 9.21. The van der Waals surface area contributed by atoms with E-state index in [1.807, 2.05) is 0 Å². The van der Waals surface area contributed by atoms with Crippen LogP contribution >= 0.6 is 38.6 Å². The third-order valence-corrected chi connectivity index (χ3v) is 7.44. The molecule has 0 radical (unpaired) electrons. The van der Waals surface area contributed by atoms with Crippen molar-refractivity contribution in [3.05, 3.63) is 86.0 Å². The minimum atomic E-state index is -0.952. The summed E-state index contributed by atoms with van der Waals surface area (Å²) in [6.07, 6.45) is 0. The molecule has 1 aliphatic rings. The second-order valence-electron chi connectivity index (χ2n) is 6.92. The number of anilines is 1. The molecular formula is C22H11BrF2N2O3S2. The number of hydrogen-bond donors (Lipinski definition) is 1. The minimum absolute atomic E-state index is 0.0415. The monoisotopic (exact) mass is 532 g/mol. The van der Waals surface area contributed by atoms with Crippen molar-refractivity contribution in [2.45, 2.75) is 6.04 Å². The van der Waals surface area contributed by atoms with Gasteiger partial charge in [0, 0.05) is 21.0 Å². The van der Waals surface area contributed by atoms with Crippen molar-refractivity contribution < 1.29 is 23.5 Å². The molecule has 2 aromatic heterocycles. The quantitative estimate of drug-likeness (QED) is 0.199. The zero-order chi connectivity index (χ0) is 22.6. The van der Waals surface area contributed by atoms with Gasteiger partial charge in [0.25, 0.3) is 5.78 Å². The highest BCUT2D eigenvalue weighted by Crippen LogP contribution is 2.45. The molecule has 4 aromatic rings. The van der Waals surface area contributed by atoms with Gasteiger partial charge in [0.05, 0.1) is 10.3 Å². The average Bonchev–Trinajstić information content (AvgIpc) is 3.47. The largest absolute Gasteiger partial charge is 0.507 e. The van der Waals surface area contributed by atoms with Crippen LogP contribution in [0.2, 0.25) is 0 Å². The van der Waals surface area contributed by atoms with Crippen LogP contribution in [0, 0.1) is 11.6 Å². The molecule has 1 aliphatic heterocycles. The standard InChI is InChI=1S/C22H11BrF2N2O3S2/c23-11-5-3-10(4-6-11)19(28)16-18(14-2-1-7-31-14)27(21(30)20(16)29)22-26-17-13(25)8-12(24)9-15(17)32-22/h1-9,18,28H/b19-16+. The Morgan fingerprint density at radius 2 is 1.88 bits per heavy atom. The van der Waals surface area contributed by atoms with Crippen LogP contribution in [0.4, 0.5) is 13.9 Å². The summed E-state index contributed by atoms with van der Waals surface area (Å²) in [5.41, 5.74) is 0.182. The summed E-state index contributed by atoms with van der Waals surface area (Å²) in [4.78, 5) is 32.1. The topological polar surface area (TPSA) is 70.5 Å². The Morgan fingerprint density at radius 3 is 2.56 bits per heavy atom. The number of carbonyl (C=O) groups is 2. The first-order chi connectivity index (χ1) is 15.3. The van der Waals surface area contributed by atoms with Gasteiger partial charge in [-0.25, -0.2) is 13.8 Å². The van der Waals surface area contributed by atoms with Crippen molar-refractivity contribution in [2.24, 2.45) is 0 Å². The number of hydrogen-bond acceptors (Lipinski definition) is 6. The minimum Gasteiger partial charge on any atom is -0.507 e. The molecule has 0 spiro atoms. The second-order valence-corrected chi connectivity index (χ2v) is 9.83. The summed E-state index contributed by atoms with van der Waals surface area (Å²) in [5.74, 6) is -3.73. The van der Waals surface area contributed by atoms with Crippen LogP contribution in [0.1, 0.15) is 16.5 Å². The Kier molecular flexibility index (Phi) is 5.15. The molecule has 1 N–H and O–H groups in total. The predicted octanol–water partition coefficient (Wildman–Crippen LogP) is 6.02. The second kappa shape index (κ2) is 7.88. The maximum Gasteiger partial charge on any atom is 0.301 e. The van der Waals surface area contributed by atoms with Gasteiger partial charge in [-0.1, -0.05) is 45.5 Å². The molecule has 2 aromatic carbocycles. The van der Waals surface area contributed by atoms with Crippen molar-refractivity contribution in [3.8, 4) is 0 Å². The van der Waals surface area contributed by atoms with Gasteiger partial charge in [-0.2, -0.15) is 0 Å². The summed E-state index contributed by atoms with van der Waals surface area (Å²) in [5, 5.41) is 12.8. The van der Waals surface area contributed by atoms with Crippen LogP contribution in [0.3, 0.4) is 0 Å². The van der Waals surface area contributed by atoms with Crippen LogP contribution in [0.15, 0.2) is 64.0 Å². The average molecular weight is 533 g/mol. The van der Waals surface area contributed by atoms with Crippen molar-refractivity contribution in [1.29, 1.82) is 0 Å². The Balaban J connectivity index is 1.72. The van der Waals surface area contributed by atoms with Crippen molar-refractivity contribution in [3.63, 3.8) is 0 Å². The lowest BCUT2D eigenvalue weighted by Gasteiger charge is -2.21. The van der Waals surface area contributed by atoms with E-state index in [0.29, 0.717) is 16.5 Å². The molecule has 10 heteroatoms. The number of ketones is 1. The number of fused-ring (bicyclic) bond motifs is 1. The van der Waals surface area contributed by atoms with Gasteiger partial charge in [0.1, 0.15) is 23.1 Å². The summed E-state index contributed by atoms with van der Waals surface area (Å²) < 4.78 is 28.9. The molecular weight excluding hydrogens is 522 g/mol. The maximum absolute atomic E-state index is 14.2. The first kappa shape index (κ1) is 20.9. The van der Waals surface area contributed by atoms with Gasteiger partial charge in [-0.3, -0.25) is 14.5 Å². The van der Waals surface area contributed by atoms with E-state index in [2.05, 4.69) is 20.9 Å². The number of thiophene rings is 1. The zero-order valence-corrected chi connectivity index (χ0v) is 19.1. The molecule has 160 valence electrons. The SMILES string of the molecule is O=C1C(=O)N(c2nc3c(F)cc(F)cc3s2)C(c2cccs2)/C1=C(\O)c1ccc(Br)cc1. The van der Waals surface area contributed by atoms with Gasteiger partial charge in [0.15, 0.2) is 10.9 Å². The fraction of sp³-hybridized carbons (Fsp3) is 0.0455. The fourth-order valence-electron chi connectivity index (χ4n) is 3.56. The van der Waals surface area contributed by atoms with E-state index in [0.717, 1.165) is 26.8 Å². The highest BCUT2D eigenvalue weighted by Gasteiger charge is 2.48. The lowest BCUT2D eigenvalue weighted by atomic mass is 10.00. The number of halogens is 3. The molecule has 3 heterocycles. The van der Waals surface area contributed by atoms with E-state index < -0.39 is 29.4 Å². The molecule has 32 heavy (non-hydrogen) atoms. The number of thiazole rings is 1. The molecule has 0 saturated carbocycles. The highest BCUT2D eigenvalue weighted by atomic mass is 79.9. The van der Waals surface area contributed by atoms with Crippen LogP contribution in [-0.2, 0) is 9.59 Å². The Morgan fingerprint density at radius 1 is 1.12 bits per heavy atom. The van der Waals surface area contributed by atoms with Crippen molar-refractivity contribution in [2.75, 3.05) is 4.90 Å². The molecule has 1 fully saturated rings. The van der Waals surface area contributed by atoms with E-state index in [1.54, 1.807) is 41.8 Å². The number of aromatic nitrogens is 1. The molecule has 0 bridgehead atoms. The summed E-state index contributed by atoms with van der Waals surface area (Å²) in [6, 6.07) is 11.0. The zero-order valence-electron chi connectivity index (χ0n) is 15.9. The van der Waals surface area contributed by atoms with E-state index in [9.17, 15) is 23.5 Å². The molecule has 1 saturated heterocycles. The number of rotatable bonds is 3. The number of aliphatic hydroxyl groups is 1. The maximum atomic E-state index is 14.2. The number of aliphatic hydroxyl groups excluding tert-OH is 1. The van der Waals surface area contributed by atoms with E-state index in [4.69, 9.17) is 0 Å². The number of carbonyl (C=O) groups excluding carboxylic acids is 2. The molecule has 1 unspecified atom stereocenters. The third kappa shape index (κ3) is 3.35. The molecule has 1 amide bonds. The van der Waals surface area contributed by atoms with Gasteiger partial charge >= 0.3 is 5.91 Å². The number of benzene rings is 2. The Labute approximate surface area is 196 Å². The van der Waals surface area contributed by atoms with Gasteiger partial charge in [-0.05, 0) is 29.6 Å². The third-order valence-electron chi connectivity index (χ3n) is 4.98. The molecule has 5 rings (SSSR count). The summed E-state index contributed by atoms with van der Waals surface area (Å²) in [6.45, 7) is 0. The fourth-order valence-corrected chi connectivity index (χ4v) is 5.68. The predicted molar refractivity (Wildman–Crippen MR) is 123 cm³/mol. The molecule has 5 nitrogen and oxygen atoms in total. The first-order valence-corrected chi connectivity index (χ1v) is 11.7. The van der Waals surface area contributed by atoms with E-state index in [-0.39, 0.29) is 26.7 Å². The summed E-state index contributed by atoms with van der Waals surface area (Å²) in [7, 11) is 0. The number of Topliss-reactive ketones (excluding diaryl/α,β-unsaturated/α-hetero) is 1. The van der Waals surface area contributed by atoms with Crippen molar-refractivity contribution in [1.82, 2.24) is 4.98 Å². The van der Waals surface area contributed by atoms with E-state index in [1.165, 1.54) is 11.3 Å². The number of amides is 1. The van der Waals surface area contributed by atoms with Crippen LogP contribution in [0.25, 0.3) is 16.0 Å². The smallest absolute Gasteiger partial charge is 0.301 e. The highest BCUT2D eigenvalue weighted by molar-refractivity contribution is 9.10. The lowest BCUT2D eigenvalue weighted by Crippen LogP contribution is -2.28. The van der Waals surface area contributed by atoms with Gasteiger partial charge in [0.2, 0.25) is 0 Å². The summed E-state index contributed by atoms with van der Waals surface area (Å²) >= 11 is 5.52. The number of nitrogens with zero attached hydrogens (tertiary/aromatic N) is 2. The van der Waals surface area contributed by atoms with Crippen LogP contribution in [0.5, 0.6) is 0 Å². The van der Waals surface area contributed by atoms with Crippen molar-refractivity contribution >= 4 is 71.4 Å². The molecule has 1 atom stereocenters. The molecule has 0 aliphatic carbocycles. The lowest BCUT2D eigenvalue weighted by molar-refractivity contribution is -0.132. The van der Waals surface area contributed by atoms with Gasteiger partial charge < -0.3 is 5.11 Å². The van der Waals surface area contributed by atoms with Crippen LogP contribution in [-0.4, -0.2) is 21.8 Å². The Hall–Kier alpha value is -2.95. The Bertz CT molecular complexity index is 1420. The van der Waals surface area contributed by atoms with Crippen LogP contribution < -0.4 is 4.90 Å². The normalized spacial score (nSPS) is 18.1. The van der Waals surface area contributed by atoms with E-state index >= 15 is 0 Å². The van der Waals surface area contributed by atoms with Gasteiger partial charge in [-0.15, -0.1) is 11.3 Å².